The number of aryl methyl sites for hydroxylation is 1. The maximum Gasteiger partial charge on any atom is 0.193 e. The fraction of sp³-hybridized carbons (Fsp3) is 0.348. The zero-order valence-corrected chi connectivity index (χ0v) is 18.6. The van der Waals surface area contributed by atoms with Crippen molar-refractivity contribution in [1.29, 1.82) is 0 Å². The van der Waals surface area contributed by atoms with Gasteiger partial charge in [0.2, 0.25) is 0 Å². The summed E-state index contributed by atoms with van der Waals surface area (Å²) in [5.41, 5.74) is 7.87. The Bertz CT molecular complexity index is 1130. The molecular formula is C23H27FN4O2S. The summed E-state index contributed by atoms with van der Waals surface area (Å²) in [4.78, 5) is 17.5. The highest BCUT2D eigenvalue weighted by Crippen LogP contribution is 2.28. The van der Waals surface area contributed by atoms with Gasteiger partial charge in [-0.2, -0.15) is 0 Å². The average Bonchev–Trinajstić information content (AvgIpc) is 3.13. The Morgan fingerprint density at radius 1 is 1.10 bits per heavy atom. The summed E-state index contributed by atoms with van der Waals surface area (Å²) in [6.45, 7) is 5.89. The number of fused-ring (bicyclic) bond motifs is 1. The van der Waals surface area contributed by atoms with Crippen molar-refractivity contribution in [3.05, 3.63) is 65.1 Å². The van der Waals surface area contributed by atoms with Crippen LogP contribution in [0, 0.1) is 12.7 Å². The van der Waals surface area contributed by atoms with Crippen molar-refractivity contribution in [2.75, 3.05) is 39.8 Å². The molecule has 1 saturated heterocycles. The minimum atomic E-state index is -1.70. The van der Waals surface area contributed by atoms with E-state index >= 15 is 4.39 Å². The molecule has 0 bridgehead atoms. The predicted octanol–water partition coefficient (Wildman–Crippen LogP) is 2.55. The molecule has 1 aliphatic heterocycles. The largest absolute Gasteiger partial charge is 0.324 e. The molecule has 1 fully saturated rings. The Labute approximate surface area is 184 Å². The van der Waals surface area contributed by atoms with Gasteiger partial charge in [0, 0.05) is 43.7 Å². The Kier molecular flexibility index (Phi) is 6.34. The maximum atomic E-state index is 15.1. The zero-order valence-electron chi connectivity index (χ0n) is 17.8. The summed E-state index contributed by atoms with van der Waals surface area (Å²) >= 11 is 0. The molecule has 164 valence electrons. The van der Waals surface area contributed by atoms with Gasteiger partial charge in [-0.15, -0.1) is 0 Å². The van der Waals surface area contributed by atoms with E-state index in [0.29, 0.717) is 27.9 Å². The lowest BCUT2D eigenvalue weighted by Crippen LogP contribution is -2.44. The second kappa shape index (κ2) is 9.00. The van der Waals surface area contributed by atoms with Crippen molar-refractivity contribution >= 4 is 27.7 Å². The molecule has 1 unspecified atom stereocenters. The van der Waals surface area contributed by atoms with Crippen molar-refractivity contribution in [3.63, 3.8) is 0 Å². The van der Waals surface area contributed by atoms with E-state index < -0.39 is 11.0 Å². The summed E-state index contributed by atoms with van der Waals surface area (Å²) in [5, 5.41) is 0.683. The molecule has 31 heavy (non-hydrogen) atoms. The predicted molar refractivity (Wildman–Crippen MR) is 121 cm³/mol. The van der Waals surface area contributed by atoms with E-state index in [4.69, 9.17) is 5.73 Å². The fourth-order valence-electron chi connectivity index (χ4n) is 3.86. The molecule has 1 aliphatic rings. The number of likely N-dealkylation sites (N-methyl/N-ethyl adjacent to an activating group) is 1. The van der Waals surface area contributed by atoms with Crippen LogP contribution in [0.25, 0.3) is 10.9 Å². The van der Waals surface area contributed by atoms with E-state index in [1.807, 2.05) is 19.1 Å². The first kappa shape index (κ1) is 21.8. The molecule has 3 aromatic rings. The number of nitrogens with two attached hydrogens (primary N) is 1. The highest BCUT2D eigenvalue weighted by atomic mass is 32.2. The van der Waals surface area contributed by atoms with Crippen LogP contribution in [0.3, 0.4) is 0 Å². The van der Waals surface area contributed by atoms with Crippen LogP contribution in [0.2, 0.25) is 0 Å². The highest BCUT2D eigenvalue weighted by Gasteiger charge is 2.22. The SMILES string of the molecule is Cc1ccc(S(=O)n2c(C(=O)CN)cc3cc(CN4CCN(C)CC4)c(F)cc32)cc1. The van der Waals surface area contributed by atoms with E-state index in [0.717, 1.165) is 31.7 Å². The standard InChI is InChI=1S/C23H27FN4O2S/c1-16-3-5-19(6-4-16)31(30)28-21-13-20(24)18(15-27-9-7-26(2)8-10-27)11-17(21)12-22(28)23(29)14-25/h3-6,11-13H,7-10,14-15,25H2,1-2H3. The van der Waals surface area contributed by atoms with Gasteiger partial charge in [-0.3, -0.25) is 13.7 Å². The number of hydrogen-bond acceptors (Lipinski definition) is 5. The number of benzene rings is 2. The number of halogens is 1. The molecule has 0 amide bonds. The Hall–Kier alpha value is -2.39. The molecule has 2 N–H and O–H groups in total. The lowest BCUT2D eigenvalue weighted by molar-refractivity contribution is 0.0996. The number of carbonyl (C=O) groups is 1. The maximum absolute atomic E-state index is 15.1. The second-order valence-electron chi connectivity index (χ2n) is 8.10. The number of hydrogen-bond donors (Lipinski definition) is 1. The van der Waals surface area contributed by atoms with E-state index in [2.05, 4.69) is 16.8 Å². The van der Waals surface area contributed by atoms with Crippen molar-refractivity contribution in [2.45, 2.75) is 18.4 Å². The Morgan fingerprint density at radius 3 is 2.42 bits per heavy atom. The molecule has 0 spiro atoms. The van der Waals surface area contributed by atoms with E-state index in [1.165, 1.54) is 10.0 Å². The van der Waals surface area contributed by atoms with Gasteiger partial charge < -0.3 is 10.6 Å². The van der Waals surface area contributed by atoms with Gasteiger partial charge in [-0.25, -0.2) is 8.60 Å². The lowest BCUT2D eigenvalue weighted by Gasteiger charge is -2.32. The van der Waals surface area contributed by atoms with Crippen LogP contribution in [-0.2, 0) is 17.5 Å². The molecule has 0 aliphatic carbocycles. The third-order valence-electron chi connectivity index (χ3n) is 5.77. The smallest absolute Gasteiger partial charge is 0.193 e. The van der Waals surface area contributed by atoms with Crippen LogP contribution >= 0.6 is 0 Å². The van der Waals surface area contributed by atoms with Crippen LogP contribution in [0.4, 0.5) is 4.39 Å². The van der Waals surface area contributed by atoms with Crippen molar-refractivity contribution in [3.8, 4) is 0 Å². The quantitative estimate of drug-likeness (QED) is 0.594. The normalized spacial score (nSPS) is 16.6. The molecular weight excluding hydrogens is 415 g/mol. The summed E-state index contributed by atoms with van der Waals surface area (Å²) in [6.07, 6.45) is 0. The van der Waals surface area contributed by atoms with Crippen molar-refractivity contribution in [1.82, 2.24) is 13.8 Å². The number of nitrogens with zero attached hydrogens (tertiary/aromatic N) is 3. The average molecular weight is 443 g/mol. The second-order valence-corrected chi connectivity index (χ2v) is 9.43. The molecule has 2 heterocycles. The number of piperazine rings is 1. The minimum absolute atomic E-state index is 0.210. The first-order valence-electron chi connectivity index (χ1n) is 10.3. The monoisotopic (exact) mass is 442 g/mol. The van der Waals surface area contributed by atoms with Crippen LogP contribution in [0.15, 0.2) is 47.4 Å². The van der Waals surface area contributed by atoms with Crippen LogP contribution < -0.4 is 5.73 Å². The van der Waals surface area contributed by atoms with Crippen molar-refractivity contribution < 1.29 is 13.4 Å². The molecule has 6 nitrogen and oxygen atoms in total. The number of Topliss-reactive ketones (excluding diaryl/α,β-unsaturated/α-hetero) is 1. The van der Waals surface area contributed by atoms with E-state index in [1.54, 1.807) is 24.3 Å². The van der Waals surface area contributed by atoms with Gasteiger partial charge in [0.15, 0.2) is 16.8 Å². The van der Waals surface area contributed by atoms with Gasteiger partial charge in [-0.1, -0.05) is 17.7 Å². The molecule has 4 rings (SSSR count). The topological polar surface area (TPSA) is 71.6 Å². The third kappa shape index (κ3) is 4.48. The molecule has 0 radical (unpaired) electrons. The fourth-order valence-corrected chi connectivity index (χ4v) is 5.11. The van der Waals surface area contributed by atoms with Gasteiger partial charge in [-0.05, 0) is 44.3 Å². The van der Waals surface area contributed by atoms with E-state index in [-0.39, 0.29) is 23.8 Å². The molecule has 1 atom stereocenters. The van der Waals surface area contributed by atoms with Gasteiger partial charge in [0.1, 0.15) is 11.5 Å². The summed E-state index contributed by atoms with van der Waals surface area (Å²) in [7, 11) is 0.380. The molecule has 8 heteroatoms. The Morgan fingerprint density at radius 2 is 1.77 bits per heavy atom. The lowest BCUT2D eigenvalue weighted by atomic mass is 10.1. The molecule has 0 saturated carbocycles. The third-order valence-corrected chi connectivity index (χ3v) is 7.18. The van der Waals surface area contributed by atoms with Crippen molar-refractivity contribution in [2.24, 2.45) is 5.73 Å². The molecule has 1 aromatic heterocycles. The van der Waals surface area contributed by atoms with E-state index in [9.17, 15) is 9.00 Å². The summed E-state index contributed by atoms with van der Waals surface area (Å²) in [5.74, 6) is -0.698. The number of aromatic nitrogens is 1. The number of carbonyl (C=O) groups excluding carboxylic acids is 1. The van der Waals surface area contributed by atoms with Gasteiger partial charge in [0.05, 0.1) is 17.0 Å². The molecule has 2 aromatic carbocycles. The first-order chi connectivity index (χ1) is 14.9. The van der Waals surface area contributed by atoms with Crippen LogP contribution in [0.1, 0.15) is 21.6 Å². The van der Waals surface area contributed by atoms with Gasteiger partial charge >= 0.3 is 0 Å². The Balaban J connectivity index is 1.76. The van der Waals surface area contributed by atoms with Crippen LogP contribution in [0.5, 0.6) is 0 Å². The summed E-state index contributed by atoms with van der Waals surface area (Å²) in [6, 6.07) is 12.1. The first-order valence-corrected chi connectivity index (χ1v) is 11.4. The zero-order chi connectivity index (χ0) is 22.1. The summed E-state index contributed by atoms with van der Waals surface area (Å²) < 4.78 is 29.8. The van der Waals surface area contributed by atoms with Crippen LogP contribution in [-0.4, -0.2) is 63.5 Å². The highest BCUT2D eigenvalue weighted by molar-refractivity contribution is 7.83. The number of rotatable bonds is 6. The minimum Gasteiger partial charge on any atom is -0.324 e. The number of ketones is 1. The van der Waals surface area contributed by atoms with Gasteiger partial charge in [0.25, 0.3) is 0 Å².